The van der Waals surface area contributed by atoms with Crippen LogP contribution in [0.4, 0.5) is 4.79 Å². The Morgan fingerprint density at radius 2 is 2.14 bits per heavy atom. The van der Waals surface area contributed by atoms with E-state index in [2.05, 4.69) is 5.32 Å². The molecule has 2 N–H and O–H groups in total. The van der Waals surface area contributed by atoms with Gasteiger partial charge in [-0.2, -0.15) is 0 Å². The number of aliphatic hydroxyl groups is 1. The first kappa shape index (κ1) is 14.8. The molecule has 1 unspecified atom stereocenters. The van der Waals surface area contributed by atoms with Gasteiger partial charge < -0.3 is 20.2 Å². The molecule has 6 heteroatoms. The van der Waals surface area contributed by atoms with Crippen LogP contribution in [0.1, 0.15) is 11.1 Å². The average molecular weight is 303 g/mol. The highest BCUT2D eigenvalue weighted by atomic mass is 16.3. The van der Waals surface area contributed by atoms with Crippen LogP contribution in [-0.4, -0.2) is 65.2 Å². The number of rotatable bonds is 4. The highest BCUT2D eigenvalue weighted by Crippen LogP contribution is 2.20. The van der Waals surface area contributed by atoms with Gasteiger partial charge in [0.25, 0.3) is 0 Å². The number of nitrogens with zero attached hydrogens (tertiary/aromatic N) is 2. The quantitative estimate of drug-likeness (QED) is 0.831. The van der Waals surface area contributed by atoms with Crippen molar-refractivity contribution in [1.82, 2.24) is 15.1 Å². The summed E-state index contributed by atoms with van der Waals surface area (Å²) in [6.45, 7) is 3.63. The SMILES string of the molecule is Cc1cccc(CC(=O)N2CC(N3CC(CO)NC3=O)C2)c1. The molecule has 0 saturated carbocycles. The van der Waals surface area contributed by atoms with Crippen LogP contribution in [0.3, 0.4) is 0 Å². The molecule has 0 aliphatic carbocycles. The van der Waals surface area contributed by atoms with Crippen LogP contribution in [0.15, 0.2) is 24.3 Å². The molecular weight excluding hydrogens is 282 g/mol. The molecule has 0 bridgehead atoms. The van der Waals surface area contributed by atoms with Crippen LogP contribution in [0.2, 0.25) is 0 Å². The molecule has 2 fully saturated rings. The summed E-state index contributed by atoms with van der Waals surface area (Å²) >= 11 is 0. The number of urea groups is 1. The molecule has 118 valence electrons. The van der Waals surface area contributed by atoms with Gasteiger partial charge in [0.1, 0.15) is 0 Å². The van der Waals surface area contributed by atoms with E-state index in [1.807, 2.05) is 31.2 Å². The van der Waals surface area contributed by atoms with Crippen LogP contribution in [0.5, 0.6) is 0 Å². The Morgan fingerprint density at radius 1 is 1.36 bits per heavy atom. The Bertz CT molecular complexity index is 584. The Kier molecular flexibility index (Phi) is 4.02. The number of nitrogens with one attached hydrogen (secondary N) is 1. The fourth-order valence-electron chi connectivity index (χ4n) is 3.01. The van der Waals surface area contributed by atoms with E-state index in [4.69, 9.17) is 5.11 Å². The molecule has 1 atom stereocenters. The Balaban J connectivity index is 1.51. The predicted octanol–water partition coefficient (Wildman–Crippen LogP) is 0.134. The number of aryl methyl sites for hydroxylation is 1. The third-order valence-corrected chi connectivity index (χ3v) is 4.32. The summed E-state index contributed by atoms with van der Waals surface area (Å²) in [5.41, 5.74) is 2.17. The lowest BCUT2D eigenvalue weighted by molar-refractivity contribution is -0.136. The fourth-order valence-corrected chi connectivity index (χ4v) is 3.01. The smallest absolute Gasteiger partial charge is 0.318 e. The van der Waals surface area contributed by atoms with Crippen molar-refractivity contribution in [3.05, 3.63) is 35.4 Å². The molecule has 0 radical (unpaired) electrons. The molecule has 3 rings (SSSR count). The molecule has 0 spiro atoms. The van der Waals surface area contributed by atoms with Gasteiger partial charge in [-0.3, -0.25) is 4.79 Å². The summed E-state index contributed by atoms with van der Waals surface area (Å²) in [6.07, 6.45) is 0.403. The van der Waals surface area contributed by atoms with Gasteiger partial charge in [-0.25, -0.2) is 4.79 Å². The second-order valence-electron chi connectivity index (χ2n) is 6.10. The lowest BCUT2D eigenvalue weighted by Gasteiger charge is -2.43. The number of hydrogen-bond acceptors (Lipinski definition) is 3. The molecule has 2 heterocycles. The summed E-state index contributed by atoms with van der Waals surface area (Å²) in [4.78, 5) is 27.5. The second kappa shape index (κ2) is 5.96. The van der Waals surface area contributed by atoms with Gasteiger partial charge in [-0.1, -0.05) is 29.8 Å². The standard InChI is InChI=1S/C16H21N3O3/c1-11-3-2-4-12(5-11)6-15(21)18-8-14(9-18)19-7-13(10-20)17-16(19)22/h2-5,13-14,20H,6-10H2,1H3,(H,17,22). The van der Waals surface area contributed by atoms with Gasteiger partial charge >= 0.3 is 6.03 Å². The molecular formula is C16H21N3O3. The van der Waals surface area contributed by atoms with Crippen LogP contribution in [0.25, 0.3) is 0 Å². The number of aliphatic hydroxyl groups excluding tert-OH is 1. The van der Waals surface area contributed by atoms with E-state index < -0.39 is 0 Å². The number of carbonyl (C=O) groups excluding carboxylic acids is 2. The van der Waals surface area contributed by atoms with Crippen molar-refractivity contribution in [2.45, 2.75) is 25.4 Å². The van der Waals surface area contributed by atoms with Crippen molar-refractivity contribution < 1.29 is 14.7 Å². The molecule has 1 aromatic carbocycles. The topological polar surface area (TPSA) is 72.9 Å². The van der Waals surface area contributed by atoms with E-state index in [-0.39, 0.29) is 30.6 Å². The molecule has 3 amide bonds. The summed E-state index contributed by atoms with van der Waals surface area (Å²) in [7, 11) is 0. The van der Waals surface area contributed by atoms with Gasteiger partial charge in [0, 0.05) is 19.6 Å². The maximum Gasteiger partial charge on any atom is 0.318 e. The van der Waals surface area contributed by atoms with Crippen LogP contribution < -0.4 is 5.32 Å². The lowest BCUT2D eigenvalue weighted by Crippen LogP contribution is -2.61. The summed E-state index contributed by atoms with van der Waals surface area (Å²) in [6, 6.07) is 7.69. The van der Waals surface area contributed by atoms with Gasteiger partial charge in [0.2, 0.25) is 5.91 Å². The van der Waals surface area contributed by atoms with Gasteiger partial charge in [0.05, 0.1) is 25.1 Å². The van der Waals surface area contributed by atoms with Crippen LogP contribution >= 0.6 is 0 Å². The maximum absolute atomic E-state index is 12.2. The van der Waals surface area contributed by atoms with Gasteiger partial charge in [-0.05, 0) is 12.5 Å². The zero-order valence-corrected chi connectivity index (χ0v) is 12.7. The molecule has 0 aromatic heterocycles. The lowest BCUT2D eigenvalue weighted by atomic mass is 10.0. The molecule has 2 aliphatic rings. The Hall–Kier alpha value is -2.08. The van der Waals surface area contributed by atoms with Crippen molar-refractivity contribution in [2.75, 3.05) is 26.2 Å². The van der Waals surface area contributed by atoms with E-state index in [0.29, 0.717) is 26.1 Å². The van der Waals surface area contributed by atoms with E-state index in [1.165, 1.54) is 0 Å². The minimum Gasteiger partial charge on any atom is -0.394 e. The first-order valence-electron chi connectivity index (χ1n) is 7.58. The largest absolute Gasteiger partial charge is 0.394 e. The zero-order chi connectivity index (χ0) is 15.7. The highest BCUT2D eigenvalue weighted by Gasteiger charge is 2.41. The minimum absolute atomic E-state index is 0.0506. The Labute approximate surface area is 129 Å². The van der Waals surface area contributed by atoms with E-state index >= 15 is 0 Å². The van der Waals surface area contributed by atoms with Crippen molar-refractivity contribution >= 4 is 11.9 Å². The number of likely N-dealkylation sites (tertiary alicyclic amines) is 1. The predicted molar refractivity (Wildman–Crippen MR) is 81.4 cm³/mol. The van der Waals surface area contributed by atoms with Gasteiger partial charge in [-0.15, -0.1) is 0 Å². The molecule has 6 nitrogen and oxygen atoms in total. The maximum atomic E-state index is 12.2. The summed E-state index contributed by atoms with van der Waals surface area (Å²) < 4.78 is 0. The second-order valence-corrected chi connectivity index (χ2v) is 6.10. The van der Waals surface area contributed by atoms with Crippen molar-refractivity contribution in [3.8, 4) is 0 Å². The third kappa shape index (κ3) is 2.92. The van der Waals surface area contributed by atoms with E-state index in [1.54, 1.807) is 9.80 Å². The van der Waals surface area contributed by atoms with E-state index in [9.17, 15) is 9.59 Å². The van der Waals surface area contributed by atoms with Gasteiger partial charge in [0.15, 0.2) is 0 Å². The first-order chi connectivity index (χ1) is 10.6. The van der Waals surface area contributed by atoms with Crippen LogP contribution in [0, 0.1) is 6.92 Å². The number of hydrogen-bond donors (Lipinski definition) is 2. The first-order valence-corrected chi connectivity index (χ1v) is 7.58. The fraction of sp³-hybridized carbons (Fsp3) is 0.500. The number of amides is 3. The molecule has 2 aliphatic heterocycles. The minimum atomic E-state index is -0.190. The molecule has 2 saturated heterocycles. The molecule has 1 aromatic rings. The summed E-state index contributed by atoms with van der Waals surface area (Å²) in [5.74, 6) is 0.0974. The van der Waals surface area contributed by atoms with Crippen molar-refractivity contribution in [2.24, 2.45) is 0 Å². The molecule has 22 heavy (non-hydrogen) atoms. The van der Waals surface area contributed by atoms with Crippen LogP contribution in [-0.2, 0) is 11.2 Å². The average Bonchev–Trinajstić information content (AvgIpc) is 2.78. The van der Waals surface area contributed by atoms with Crippen molar-refractivity contribution in [1.29, 1.82) is 0 Å². The van der Waals surface area contributed by atoms with Crippen molar-refractivity contribution in [3.63, 3.8) is 0 Å². The highest BCUT2D eigenvalue weighted by molar-refractivity contribution is 5.81. The normalized spacial score (nSPS) is 21.7. The monoisotopic (exact) mass is 303 g/mol. The number of carbonyl (C=O) groups is 2. The number of benzene rings is 1. The Morgan fingerprint density at radius 3 is 2.77 bits per heavy atom. The third-order valence-electron chi connectivity index (χ3n) is 4.32. The van der Waals surface area contributed by atoms with E-state index in [0.717, 1.165) is 11.1 Å². The summed E-state index contributed by atoms with van der Waals surface area (Å²) in [5, 5.41) is 11.8. The zero-order valence-electron chi connectivity index (χ0n) is 12.7.